The third-order valence-corrected chi connectivity index (χ3v) is 6.21. The summed E-state index contributed by atoms with van der Waals surface area (Å²) in [5.74, 6) is 0.699. The van der Waals surface area contributed by atoms with Crippen LogP contribution in [0.1, 0.15) is 58.4 Å². The van der Waals surface area contributed by atoms with Crippen LogP contribution in [0.4, 0.5) is 0 Å². The van der Waals surface area contributed by atoms with Gasteiger partial charge in [0, 0.05) is 16.5 Å². The van der Waals surface area contributed by atoms with E-state index in [1.807, 2.05) is 18.2 Å². The third kappa shape index (κ3) is 3.94. The van der Waals surface area contributed by atoms with Crippen LogP contribution in [-0.4, -0.2) is 10.7 Å². The quantitative estimate of drug-likeness (QED) is 0.730. The Morgan fingerprint density at radius 2 is 1.71 bits per heavy atom. The van der Waals surface area contributed by atoms with Gasteiger partial charge in [0.25, 0.3) is 0 Å². The molecule has 1 saturated carbocycles. The highest BCUT2D eigenvalue weighted by Crippen LogP contribution is 2.45. The predicted molar refractivity (Wildman–Crippen MR) is 91.1 cm³/mol. The lowest BCUT2D eigenvalue weighted by molar-refractivity contribution is -0.0276. The second kappa shape index (κ2) is 6.48. The molecule has 0 spiro atoms. The van der Waals surface area contributed by atoms with Gasteiger partial charge in [0.15, 0.2) is 0 Å². The van der Waals surface area contributed by atoms with Crippen molar-refractivity contribution in [1.29, 1.82) is 0 Å². The van der Waals surface area contributed by atoms with Crippen molar-refractivity contribution < 1.29 is 5.11 Å². The summed E-state index contributed by atoms with van der Waals surface area (Å²) in [6.07, 6.45) is 5.58. The van der Waals surface area contributed by atoms with Crippen LogP contribution in [0, 0.1) is 11.3 Å². The average Bonchev–Trinajstić information content (AvgIpc) is 2.44. The first-order valence-electron chi connectivity index (χ1n) is 7.93. The number of hydrogen-bond acceptors (Lipinski definition) is 1. The molecular formula is C18H26Cl2O. The van der Waals surface area contributed by atoms with Crippen LogP contribution >= 0.6 is 23.2 Å². The number of aliphatic hydroxyl groups is 1. The van der Waals surface area contributed by atoms with E-state index in [4.69, 9.17) is 23.2 Å². The van der Waals surface area contributed by atoms with Gasteiger partial charge < -0.3 is 5.11 Å². The number of benzene rings is 1. The number of rotatable bonds is 4. The van der Waals surface area contributed by atoms with Gasteiger partial charge in [-0.2, -0.15) is 0 Å². The summed E-state index contributed by atoms with van der Waals surface area (Å²) in [4.78, 5) is 0. The first-order valence-corrected chi connectivity index (χ1v) is 8.68. The highest BCUT2D eigenvalue weighted by atomic mass is 35.5. The van der Waals surface area contributed by atoms with Gasteiger partial charge in [0.05, 0.1) is 5.60 Å². The van der Waals surface area contributed by atoms with Crippen molar-refractivity contribution in [3.63, 3.8) is 0 Å². The van der Waals surface area contributed by atoms with Crippen molar-refractivity contribution in [2.24, 2.45) is 11.3 Å². The molecule has 2 rings (SSSR count). The van der Waals surface area contributed by atoms with Crippen molar-refractivity contribution in [3.05, 3.63) is 33.8 Å². The molecule has 1 nitrogen and oxygen atoms in total. The molecule has 1 aliphatic carbocycles. The molecule has 3 heteroatoms. The molecule has 0 heterocycles. The zero-order valence-corrected chi connectivity index (χ0v) is 14.8. The van der Waals surface area contributed by atoms with Crippen molar-refractivity contribution in [1.82, 2.24) is 0 Å². The molecule has 0 amide bonds. The predicted octanol–water partition coefficient (Wildman–Crippen LogP) is 5.89. The van der Waals surface area contributed by atoms with Gasteiger partial charge in [0.2, 0.25) is 0 Å². The van der Waals surface area contributed by atoms with Gasteiger partial charge in [-0.15, -0.1) is 0 Å². The monoisotopic (exact) mass is 328 g/mol. The molecule has 0 saturated heterocycles. The maximum Gasteiger partial charge on any atom is 0.0689 e. The molecule has 0 aromatic heterocycles. The molecule has 0 aliphatic heterocycles. The molecule has 1 N–H and O–H groups in total. The molecular weight excluding hydrogens is 303 g/mol. The lowest BCUT2D eigenvalue weighted by Gasteiger charge is -2.42. The summed E-state index contributed by atoms with van der Waals surface area (Å²) >= 11 is 12.5. The zero-order valence-electron chi connectivity index (χ0n) is 13.3. The van der Waals surface area contributed by atoms with Gasteiger partial charge in [-0.1, -0.05) is 56.5 Å². The van der Waals surface area contributed by atoms with Gasteiger partial charge in [-0.3, -0.25) is 0 Å². The fourth-order valence-electron chi connectivity index (χ4n) is 3.43. The summed E-state index contributed by atoms with van der Waals surface area (Å²) in [6, 6.07) is 5.54. The Morgan fingerprint density at radius 3 is 2.19 bits per heavy atom. The summed E-state index contributed by atoms with van der Waals surface area (Å²) in [7, 11) is 0. The number of hydrogen-bond donors (Lipinski definition) is 1. The molecule has 1 fully saturated rings. The van der Waals surface area contributed by atoms with Crippen LogP contribution in [0.5, 0.6) is 0 Å². The van der Waals surface area contributed by atoms with Crippen molar-refractivity contribution in [2.75, 3.05) is 0 Å². The molecule has 0 unspecified atom stereocenters. The van der Waals surface area contributed by atoms with E-state index in [1.165, 1.54) is 6.42 Å². The van der Waals surface area contributed by atoms with Crippen LogP contribution in [-0.2, 0) is 6.42 Å². The lowest BCUT2D eigenvalue weighted by Crippen LogP contribution is -2.39. The summed E-state index contributed by atoms with van der Waals surface area (Å²) < 4.78 is 0. The highest BCUT2D eigenvalue weighted by Gasteiger charge is 2.38. The van der Waals surface area contributed by atoms with E-state index >= 15 is 0 Å². The topological polar surface area (TPSA) is 20.2 Å². The minimum atomic E-state index is -0.658. The largest absolute Gasteiger partial charge is 0.390 e. The maximum absolute atomic E-state index is 10.9. The number of halogens is 2. The van der Waals surface area contributed by atoms with Gasteiger partial charge >= 0.3 is 0 Å². The summed E-state index contributed by atoms with van der Waals surface area (Å²) in [6.45, 7) is 6.93. The zero-order chi connectivity index (χ0) is 15.7. The molecule has 21 heavy (non-hydrogen) atoms. The molecule has 0 atom stereocenters. The minimum Gasteiger partial charge on any atom is -0.390 e. The smallest absolute Gasteiger partial charge is 0.0689 e. The van der Waals surface area contributed by atoms with Gasteiger partial charge in [-0.05, 0) is 54.7 Å². The Bertz CT molecular complexity index is 468. The third-order valence-electron chi connectivity index (χ3n) is 5.50. The standard InChI is InChI=1S/C18H26Cl2O/c1-4-17(2,3)13-8-10-18(21,11-9-13)12-14-15(19)6-5-7-16(14)20/h5-7,13,21H,4,8-12H2,1-3H3. The SMILES string of the molecule is CCC(C)(C)C1CCC(O)(Cc2c(Cl)cccc2Cl)CC1. The Hall–Kier alpha value is -0.240. The van der Waals surface area contributed by atoms with E-state index in [-0.39, 0.29) is 0 Å². The Labute approximate surface area is 138 Å². The molecule has 0 radical (unpaired) electrons. The molecule has 1 aromatic rings. The normalized spacial score (nSPS) is 26.9. The van der Waals surface area contributed by atoms with Crippen LogP contribution < -0.4 is 0 Å². The first kappa shape index (κ1) is 17.1. The molecule has 1 aromatic carbocycles. The summed E-state index contributed by atoms with van der Waals surface area (Å²) in [5.41, 5.74) is 0.592. The molecule has 118 valence electrons. The second-order valence-corrected chi connectivity index (χ2v) is 8.03. The van der Waals surface area contributed by atoms with Crippen LogP contribution in [0.2, 0.25) is 10.0 Å². The van der Waals surface area contributed by atoms with E-state index in [9.17, 15) is 5.11 Å². The van der Waals surface area contributed by atoms with Gasteiger partial charge in [0.1, 0.15) is 0 Å². The van der Waals surface area contributed by atoms with Crippen molar-refractivity contribution in [2.45, 2.75) is 64.9 Å². The minimum absolute atomic E-state index is 0.364. The average molecular weight is 329 g/mol. The van der Waals surface area contributed by atoms with Crippen molar-refractivity contribution in [3.8, 4) is 0 Å². The van der Waals surface area contributed by atoms with E-state index in [1.54, 1.807) is 0 Å². The Kier molecular flexibility index (Phi) is 5.28. The summed E-state index contributed by atoms with van der Waals surface area (Å²) in [5, 5.41) is 12.2. The van der Waals surface area contributed by atoms with Gasteiger partial charge in [-0.25, -0.2) is 0 Å². The van der Waals surface area contributed by atoms with Crippen molar-refractivity contribution >= 4 is 23.2 Å². The van der Waals surface area contributed by atoms with E-state index in [2.05, 4.69) is 20.8 Å². The van der Waals surface area contributed by atoms with Crippen LogP contribution in [0.25, 0.3) is 0 Å². The Morgan fingerprint density at radius 1 is 1.19 bits per heavy atom. The highest BCUT2D eigenvalue weighted by molar-refractivity contribution is 6.36. The van der Waals surface area contributed by atoms with Crippen LogP contribution in [0.15, 0.2) is 18.2 Å². The second-order valence-electron chi connectivity index (χ2n) is 7.22. The van der Waals surface area contributed by atoms with E-state index in [0.29, 0.717) is 27.8 Å². The Balaban J connectivity index is 2.06. The molecule has 0 bridgehead atoms. The first-order chi connectivity index (χ1) is 9.77. The van der Waals surface area contributed by atoms with E-state index in [0.717, 1.165) is 31.2 Å². The maximum atomic E-state index is 10.9. The fraction of sp³-hybridized carbons (Fsp3) is 0.667. The molecule has 1 aliphatic rings. The van der Waals surface area contributed by atoms with E-state index < -0.39 is 5.60 Å². The van der Waals surface area contributed by atoms with Crippen LogP contribution in [0.3, 0.4) is 0 Å². The lowest BCUT2D eigenvalue weighted by atomic mass is 9.65. The fourth-order valence-corrected chi connectivity index (χ4v) is 3.96.